The molecule has 4 nitrogen and oxygen atoms in total. The van der Waals surface area contributed by atoms with Crippen LogP contribution in [0, 0.1) is 5.92 Å². The lowest BCUT2D eigenvalue weighted by Crippen LogP contribution is -2.15. The van der Waals surface area contributed by atoms with Crippen LogP contribution in [0.2, 0.25) is 0 Å². The van der Waals surface area contributed by atoms with Crippen molar-refractivity contribution in [2.75, 3.05) is 5.32 Å². The second-order valence-electron chi connectivity index (χ2n) is 5.29. The molecule has 3 rings (SSSR count). The molecule has 94 valence electrons. The van der Waals surface area contributed by atoms with Crippen molar-refractivity contribution in [2.45, 2.75) is 32.9 Å². The minimum atomic E-state index is 0.253. The van der Waals surface area contributed by atoms with Gasteiger partial charge in [-0.15, -0.1) is 10.2 Å². The fourth-order valence-electron chi connectivity index (χ4n) is 2.52. The Labute approximate surface area is 107 Å². The first-order valence-electron chi connectivity index (χ1n) is 6.46. The number of hydrogen-bond acceptors (Lipinski definition) is 3. The van der Waals surface area contributed by atoms with Crippen molar-refractivity contribution in [1.29, 1.82) is 0 Å². The van der Waals surface area contributed by atoms with Gasteiger partial charge in [0.25, 0.3) is 0 Å². The summed E-state index contributed by atoms with van der Waals surface area (Å²) in [5.74, 6) is 1.64. The molecule has 2 aromatic rings. The van der Waals surface area contributed by atoms with Crippen molar-refractivity contribution in [3.63, 3.8) is 0 Å². The number of para-hydroxylation sites is 1. The van der Waals surface area contributed by atoms with Gasteiger partial charge in [-0.05, 0) is 17.5 Å². The normalized spacial score (nSPS) is 17.8. The molecule has 0 unspecified atom stereocenters. The quantitative estimate of drug-likeness (QED) is 0.899. The Bertz CT molecular complexity index is 519. The van der Waals surface area contributed by atoms with Crippen molar-refractivity contribution in [3.05, 3.63) is 42.0 Å². The van der Waals surface area contributed by atoms with Crippen LogP contribution < -0.4 is 5.32 Å². The maximum Gasteiger partial charge on any atom is 0.155 e. The fourth-order valence-corrected chi connectivity index (χ4v) is 2.52. The number of nitrogens with one attached hydrogen (secondary N) is 1. The summed E-state index contributed by atoms with van der Waals surface area (Å²) < 4.78 is 2.16. The van der Waals surface area contributed by atoms with Gasteiger partial charge in [0.2, 0.25) is 0 Å². The smallest absolute Gasteiger partial charge is 0.155 e. The molecule has 4 heteroatoms. The first kappa shape index (κ1) is 11.3. The predicted molar refractivity (Wildman–Crippen MR) is 71.4 cm³/mol. The van der Waals surface area contributed by atoms with Gasteiger partial charge in [-0.2, -0.15) is 0 Å². The van der Waals surface area contributed by atoms with Gasteiger partial charge in [0, 0.05) is 18.7 Å². The highest BCUT2D eigenvalue weighted by Gasteiger charge is 2.25. The van der Waals surface area contributed by atoms with E-state index in [9.17, 15) is 0 Å². The van der Waals surface area contributed by atoms with E-state index >= 15 is 0 Å². The molecule has 0 aliphatic carbocycles. The van der Waals surface area contributed by atoms with Crippen LogP contribution in [0.4, 0.5) is 5.69 Å². The van der Waals surface area contributed by atoms with Crippen LogP contribution in [0.15, 0.2) is 30.6 Å². The number of hydrogen-bond donors (Lipinski definition) is 1. The third kappa shape index (κ3) is 1.98. The van der Waals surface area contributed by atoms with Crippen LogP contribution in [-0.4, -0.2) is 14.8 Å². The maximum absolute atomic E-state index is 4.28. The van der Waals surface area contributed by atoms with Gasteiger partial charge in [-0.1, -0.05) is 32.0 Å². The SMILES string of the molecule is CC(C)Cn1cnnc1[C@@H]1Cc2ccccc2N1. The van der Waals surface area contributed by atoms with Crippen LogP contribution in [0.5, 0.6) is 0 Å². The summed E-state index contributed by atoms with van der Waals surface area (Å²) in [6.45, 7) is 5.39. The number of nitrogens with zero attached hydrogens (tertiary/aromatic N) is 3. The van der Waals surface area contributed by atoms with Crippen LogP contribution in [0.25, 0.3) is 0 Å². The molecule has 1 atom stereocenters. The first-order valence-corrected chi connectivity index (χ1v) is 6.46. The third-order valence-corrected chi connectivity index (χ3v) is 3.29. The molecule has 1 aliphatic heterocycles. The van der Waals surface area contributed by atoms with E-state index in [0.29, 0.717) is 5.92 Å². The van der Waals surface area contributed by atoms with Crippen LogP contribution in [-0.2, 0) is 13.0 Å². The topological polar surface area (TPSA) is 42.7 Å². The van der Waals surface area contributed by atoms with Crippen molar-refractivity contribution >= 4 is 5.69 Å². The van der Waals surface area contributed by atoms with Gasteiger partial charge in [0.05, 0.1) is 6.04 Å². The fraction of sp³-hybridized carbons (Fsp3) is 0.429. The molecule has 1 aliphatic rings. The number of rotatable bonds is 3. The van der Waals surface area contributed by atoms with E-state index in [2.05, 4.69) is 58.2 Å². The zero-order valence-corrected chi connectivity index (χ0v) is 10.8. The number of benzene rings is 1. The largest absolute Gasteiger partial charge is 0.375 e. The molecule has 1 aromatic heterocycles. The summed E-state index contributed by atoms with van der Waals surface area (Å²) in [5, 5.41) is 11.9. The Hall–Kier alpha value is -1.84. The summed E-state index contributed by atoms with van der Waals surface area (Å²) in [4.78, 5) is 0. The van der Waals surface area contributed by atoms with Gasteiger partial charge in [0.15, 0.2) is 5.82 Å². The van der Waals surface area contributed by atoms with E-state index in [1.807, 2.05) is 6.33 Å². The predicted octanol–water partition coefficient (Wildman–Crippen LogP) is 2.64. The molecule has 0 saturated heterocycles. The average Bonchev–Trinajstić information content (AvgIpc) is 2.93. The first-order chi connectivity index (χ1) is 8.74. The molecule has 1 aromatic carbocycles. The summed E-state index contributed by atoms with van der Waals surface area (Å²) in [6, 6.07) is 8.70. The third-order valence-electron chi connectivity index (χ3n) is 3.29. The lowest BCUT2D eigenvalue weighted by molar-refractivity contribution is 0.496. The molecule has 0 amide bonds. The minimum absolute atomic E-state index is 0.253. The summed E-state index contributed by atoms with van der Waals surface area (Å²) in [6.07, 6.45) is 2.83. The summed E-state index contributed by atoms with van der Waals surface area (Å²) in [5.41, 5.74) is 2.59. The molecule has 0 bridgehead atoms. The molecule has 1 N–H and O–H groups in total. The van der Waals surface area contributed by atoms with Gasteiger partial charge in [0.1, 0.15) is 6.33 Å². The Morgan fingerprint density at radius 1 is 1.39 bits per heavy atom. The summed E-state index contributed by atoms with van der Waals surface area (Å²) in [7, 11) is 0. The number of aromatic nitrogens is 3. The Balaban J connectivity index is 1.84. The van der Waals surface area contributed by atoms with E-state index in [4.69, 9.17) is 0 Å². The van der Waals surface area contributed by atoms with Gasteiger partial charge < -0.3 is 9.88 Å². The van der Waals surface area contributed by atoms with E-state index < -0.39 is 0 Å². The highest BCUT2D eigenvalue weighted by Crippen LogP contribution is 2.32. The summed E-state index contributed by atoms with van der Waals surface area (Å²) >= 11 is 0. The van der Waals surface area contributed by atoms with E-state index in [0.717, 1.165) is 18.8 Å². The van der Waals surface area contributed by atoms with Crippen molar-refractivity contribution in [1.82, 2.24) is 14.8 Å². The maximum atomic E-state index is 4.28. The van der Waals surface area contributed by atoms with E-state index in [1.54, 1.807) is 0 Å². The van der Waals surface area contributed by atoms with Crippen molar-refractivity contribution in [3.8, 4) is 0 Å². The zero-order chi connectivity index (χ0) is 12.5. The standard InChI is InChI=1S/C14H18N4/c1-10(2)8-18-9-15-17-14(18)13-7-11-5-3-4-6-12(11)16-13/h3-6,9-10,13,16H,7-8H2,1-2H3/t13-/m0/s1. The van der Waals surface area contributed by atoms with Gasteiger partial charge >= 0.3 is 0 Å². The Kier molecular flexibility index (Phi) is 2.78. The second kappa shape index (κ2) is 4.44. The molecular formula is C14H18N4. The number of anilines is 1. The van der Waals surface area contributed by atoms with Crippen molar-refractivity contribution < 1.29 is 0 Å². The highest BCUT2D eigenvalue weighted by atomic mass is 15.3. The highest BCUT2D eigenvalue weighted by molar-refractivity contribution is 5.57. The van der Waals surface area contributed by atoms with E-state index in [1.165, 1.54) is 11.3 Å². The average molecular weight is 242 g/mol. The van der Waals surface area contributed by atoms with Crippen LogP contribution >= 0.6 is 0 Å². The molecule has 0 fully saturated rings. The molecular weight excluding hydrogens is 224 g/mol. The van der Waals surface area contributed by atoms with Crippen LogP contribution in [0.1, 0.15) is 31.3 Å². The van der Waals surface area contributed by atoms with Crippen LogP contribution in [0.3, 0.4) is 0 Å². The molecule has 18 heavy (non-hydrogen) atoms. The number of fused-ring (bicyclic) bond motifs is 1. The second-order valence-corrected chi connectivity index (χ2v) is 5.29. The minimum Gasteiger partial charge on any atom is -0.375 e. The lowest BCUT2D eigenvalue weighted by Gasteiger charge is -2.14. The Morgan fingerprint density at radius 3 is 3.00 bits per heavy atom. The lowest BCUT2D eigenvalue weighted by atomic mass is 10.1. The molecule has 0 radical (unpaired) electrons. The monoisotopic (exact) mass is 242 g/mol. The Morgan fingerprint density at radius 2 is 2.22 bits per heavy atom. The van der Waals surface area contributed by atoms with Gasteiger partial charge in [-0.3, -0.25) is 0 Å². The van der Waals surface area contributed by atoms with Crippen molar-refractivity contribution in [2.24, 2.45) is 5.92 Å². The molecule has 2 heterocycles. The zero-order valence-electron chi connectivity index (χ0n) is 10.8. The van der Waals surface area contributed by atoms with Gasteiger partial charge in [-0.25, -0.2) is 0 Å². The molecule has 0 spiro atoms. The molecule has 0 saturated carbocycles. The van der Waals surface area contributed by atoms with E-state index in [-0.39, 0.29) is 6.04 Å².